The molecule has 0 N–H and O–H groups in total. The molecule has 0 fully saturated rings. The van der Waals surface area contributed by atoms with Gasteiger partial charge in [0.2, 0.25) is 0 Å². The number of anilines is 6. The fourth-order valence-corrected chi connectivity index (χ4v) is 13.5. The molecule has 3 heterocycles. The maximum Gasteiger partial charge on any atom is 0.253 e. The molecule has 2 aliphatic heterocycles. The standard InChI is InChI=1S/C72H53BN4/c1-71(2,3)50-28-32-52(33-29-50)76-58-38-47-24-22-42-16-12-18-44-26-36-55(64(47)62(42)44)66(58)73-67-56-37-27-45-19-13-17-43-23-25-48(65(56)63(43)45)39-59(67)77(53-34-30-51(31-35-53)72(4,5)6)61-41-49(40-60(76)68(61)73)69-54-20-10-11-21-57(54)74-70(75-69)46-14-8-7-9-15-46/h7-41H,1-6H3. The van der Waals surface area contributed by atoms with E-state index in [1.165, 1.54) is 104 Å². The highest BCUT2D eigenvalue weighted by molar-refractivity contribution is 7.03. The molecule has 5 heteroatoms. The molecule has 0 spiro atoms. The lowest BCUT2D eigenvalue weighted by Crippen LogP contribution is -2.61. The molecular formula is C72H53BN4. The molecule has 0 aliphatic carbocycles. The van der Waals surface area contributed by atoms with Gasteiger partial charge < -0.3 is 9.80 Å². The topological polar surface area (TPSA) is 32.3 Å². The van der Waals surface area contributed by atoms with E-state index in [4.69, 9.17) is 9.97 Å². The molecule has 16 rings (SSSR count). The number of benzene rings is 13. The molecule has 0 radical (unpaired) electrons. The maximum atomic E-state index is 5.61. The summed E-state index contributed by atoms with van der Waals surface area (Å²) in [5, 5.41) is 16.4. The predicted octanol–water partition coefficient (Wildman–Crippen LogP) is 17.4. The van der Waals surface area contributed by atoms with Gasteiger partial charge >= 0.3 is 0 Å². The third-order valence-electron chi connectivity index (χ3n) is 17.2. The van der Waals surface area contributed by atoms with Crippen LogP contribution in [0, 0.1) is 0 Å². The number of para-hydroxylation sites is 1. The molecule has 364 valence electrons. The zero-order valence-corrected chi connectivity index (χ0v) is 44.1. The first-order valence-corrected chi connectivity index (χ1v) is 27.2. The van der Waals surface area contributed by atoms with Crippen LogP contribution < -0.4 is 26.2 Å². The van der Waals surface area contributed by atoms with Crippen LogP contribution in [-0.4, -0.2) is 16.7 Å². The molecule has 0 unspecified atom stereocenters. The second-order valence-electron chi connectivity index (χ2n) is 23.7. The van der Waals surface area contributed by atoms with Crippen molar-refractivity contribution in [2.75, 3.05) is 9.80 Å². The Labute approximate surface area is 448 Å². The predicted molar refractivity (Wildman–Crippen MR) is 329 cm³/mol. The van der Waals surface area contributed by atoms with E-state index in [2.05, 4.69) is 264 Å². The van der Waals surface area contributed by atoms with Crippen LogP contribution in [0.2, 0.25) is 0 Å². The SMILES string of the molecule is CC(C)(C)c1ccc(N2c3cc(-c4nc(-c5ccccc5)nc5ccccc45)cc4c3B(c3c2cc2ccc5cccc6ccc3c2c56)c2c(cc3ccc5cccc6ccc2c3c56)N4c2ccc(C(C)(C)C)cc2)cc1. The van der Waals surface area contributed by atoms with Crippen molar-refractivity contribution in [1.29, 1.82) is 0 Å². The summed E-state index contributed by atoms with van der Waals surface area (Å²) in [6.07, 6.45) is 0. The number of nitrogens with zero attached hydrogens (tertiary/aromatic N) is 4. The van der Waals surface area contributed by atoms with Crippen LogP contribution in [0.3, 0.4) is 0 Å². The normalized spacial score (nSPS) is 13.5. The summed E-state index contributed by atoms with van der Waals surface area (Å²) in [6, 6.07) is 80.2. The molecule has 0 saturated carbocycles. The largest absolute Gasteiger partial charge is 0.311 e. The molecule has 0 saturated heterocycles. The van der Waals surface area contributed by atoms with Crippen LogP contribution in [-0.2, 0) is 10.8 Å². The van der Waals surface area contributed by atoms with Gasteiger partial charge in [-0.15, -0.1) is 0 Å². The summed E-state index contributed by atoms with van der Waals surface area (Å²) in [6.45, 7) is 13.7. The van der Waals surface area contributed by atoms with Crippen molar-refractivity contribution >= 4 is 133 Å². The summed E-state index contributed by atoms with van der Waals surface area (Å²) in [7, 11) is 0. The minimum absolute atomic E-state index is 0.0224. The highest BCUT2D eigenvalue weighted by Gasteiger charge is 2.46. The van der Waals surface area contributed by atoms with E-state index in [0.717, 1.165) is 50.5 Å². The van der Waals surface area contributed by atoms with Gasteiger partial charge in [-0.3, -0.25) is 0 Å². The Bertz CT molecular complexity index is 4490. The molecular weight excluding hydrogens is 932 g/mol. The highest BCUT2D eigenvalue weighted by atomic mass is 15.2. The smallest absolute Gasteiger partial charge is 0.253 e. The molecule has 14 aromatic rings. The Kier molecular flexibility index (Phi) is 9.05. The Morgan fingerprint density at radius 1 is 0.338 bits per heavy atom. The van der Waals surface area contributed by atoms with Gasteiger partial charge in [0, 0.05) is 50.6 Å². The minimum atomic E-state index is -0.162. The molecule has 0 amide bonds. The van der Waals surface area contributed by atoms with E-state index in [9.17, 15) is 0 Å². The second kappa shape index (κ2) is 15.8. The van der Waals surface area contributed by atoms with Crippen molar-refractivity contribution in [3.05, 3.63) is 223 Å². The van der Waals surface area contributed by atoms with Crippen LogP contribution >= 0.6 is 0 Å². The van der Waals surface area contributed by atoms with Crippen LogP contribution in [0.4, 0.5) is 34.1 Å². The fourth-order valence-electron chi connectivity index (χ4n) is 13.5. The van der Waals surface area contributed by atoms with Gasteiger partial charge in [0.05, 0.1) is 11.2 Å². The van der Waals surface area contributed by atoms with Gasteiger partial charge in [-0.1, -0.05) is 199 Å². The van der Waals surface area contributed by atoms with Crippen LogP contribution in [0.1, 0.15) is 52.7 Å². The molecule has 13 aromatic carbocycles. The van der Waals surface area contributed by atoms with Crippen LogP contribution in [0.25, 0.3) is 98.2 Å². The molecule has 1 aromatic heterocycles. The van der Waals surface area contributed by atoms with Crippen molar-refractivity contribution in [2.45, 2.75) is 52.4 Å². The van der Waals surface area contributed by atoms with Crippen molar-refractivity contribution in [2.24, 2.45) is 0 Å². The Morgan fingerprint density at radius 2 is 0.779 bits per heavy atom. The maximum absolute atomic E-state index is 5.61. The highest BCUT2D eigenvalue weighted by Crippen LogP contribution is 2.51. The third kappa shape index (κ3) is 6.41. The summed E-state index contributed by atoms with van der Waals surface area (Å²) < 4.78 is 0. The monoisotopic (exact) mass is 984 g/mol. The van der Waals surface area contributed by atoms with Gasteiger partial charge in [-0.05, 0) is 158 Å². The van der Waals surface area contributed by atoms with Gasteiger partial charge in [0.15, 0.2) is 5.82 Å². The third-order valence-corrected chi connectivity index (χ3v) is 17.2. The van der Waals surface area contributed by atoms with Crippen molar-refractivity contribution in [1.82, 2.24) is 9.97 Å². The summed E-state index contributed by atoms with van der Waals surface area (Å²) >= 11 is 0. The zero-order valence-electron chi connectivity index (χ0n) is 44.1. The van der Waals surface area contributed by atoms with E-state index in [1.807, 2.05) is 0 Å². The summed E-state index contributed by atoms with van der Waals surface area (Å²) in [5.74, 6) is 0.705. The second-order valence-corrected chi connectivity index (χ2v) is 23.7. The average molecular weight is 985 g/mol. The molecule has 0 bridgehead atoms. The van der Waals surface area contributed by atoms with Crippen LogP contribution in [0.15, 0.2) is 212 Å². The van der Waals surface area contributed by atoms with Gasteiger partial charge in [-0.25, -0.2) is 9.97 Å². The first-order chi connectivity index (χ1) is 37.4. The number of rotatable bonds is 4. The van der Waals surface area contributed by atoms with Crippen molar-refractivity contribution in [3.8, 4) is 22.6 Å². The molecule has 77 heavy (non-hydrogen) atoms. The van der Waals surface area contributed by atoms with Crippen molar-refractivity contribution in [3.63, 3.8) is 0 Å². The van der Waals surface area contributed by atoms with Gasteiger partial charge in [0.1, 0.15) is 0 Å². The van der Waals surface area contributed by atoms with E-state index in [0.29, 0.717) is 5.82 Å². The minimum Gasteiger partial charge on any atom is -0.311 e. The van der Waals surface area contributed by atoms with Crippen LogP contribution in [0.5, 0.6) is 0 Å². The summed E-state index contributed by atoms with van der Waals surface area (Å²) in [4.78, 5) is 16.0. The lowest BCUT2D eigenvalue weighted by molar-refractivity contribution is 0.590. The number of fused-ring (bicyclic) bond motifs is 7. The molecule has 2 aliphatic rings. The van der Waals surface area contributed by atoms with Gasteiger partial charge in [0.25, 0.3) is 6.71 Å². The first kappa shape index (κ1) is 44.3. The van der Waals surface area contributed by atoms with E-state index >= 15 is 0 Å². The Balaban J connectivity index is 1.11. The lowest BCUT2D eigenvalue weighted by atomic mass is 9.32. The lowest BCUT2D eigenvalue weighted by Gasteiger charge is -2.45. The Hall–Kier alpha value is -9.06. The summed E-state index contributed by atoms with van der Waals surface area (Å²) in [5.41, 5.74) is 17.2. The van der Waals surface area contributed by atoms with E-state index in [-0.39, 0.29) is 17.5 Å². The molecule has 0 atom stereocenters. The van der Waals surface area contributed by atoms with E-state index < -0.39 is 0 Å². The molecule has 4 nitrogen and oxygen atoms in total. The first-order valence-electron chi connectivity index (χ1n) is 27.2. The van der Waals surface area contributed by atoms with Gasteiger partial charge in [-0.2, -0.15) is 0 Å². The number of hydrogen-bond acceptors (Lipinski definition) is 4. The Morgan fingerprint density at radius 3 is 1.27 bits per heavy atom. The number of aromatic nitrogens is 2. The fraction of sp³-hybridized carbons (Fsp3) is 0.111. The zero-order chi connectivity index (χ0) is 51.6. The average Bonchev–Trinajstić information content (AvgIpc) is 3.63. The van der Waals surface area contributed by atoms with E-state index in [1.54, 1.807) is 0 Å². The number of hydrogen-bond donors (Lipinski definition) is 0. The quantitative estimate of drug-likeness (QED) is 0.130. The van der Waals surface area contributed by atoms with Crippen molar-refractivity contribution < 1.29 is 0 Å².